The van der Waals surface area contributed by atoms with E-state index in [0.717, 1.165) is 30.8 Å². The van der Waals surface area contributed by atoms with Crippen LogP contribution in [0.1, 0.15) is 11.3 Å². The van der Waals surface area contributed by atoms with E-state index in [4.69, 9.17) is 0 Å². The summed E-state index contributed by atoms with van der Waals surface area (Å²) in [6, 6.07) is 0. The fraction of sp³-hybridized carbons (Fsp3) is 0.556. The minimum absolute atomic E-state index is 0.640. The van der Waals surface area contributed by atoms with E-state index in [9.17, 15) is 4.79 Å². The van der Waals surface area contributed by atoms with Gasteiger partial charge >= 0.3 is 0 Å². The van der Waals surface area contributed by atoms with E-state index in [2.05, 4.69) is 15.0 Å². The number of nitrogens with zero attached hydrogens (tertiary/aromatic N) is 4. The molecule has 5 nitrogen and oxygen atoms in total. The second-order valence-electron chi connectivity index (χ2n) is 3.56. The van der Waals surface area contributed by atoms with Gasteiger partial charge in [0.1, 0.15) is 0 Å². The Labute approximate surface area is 82.0 Å². The fourth-order valence-corrected chi connectivity index (χ4v) is 1.80. The van der Waals surface area contributed by atoms with Crippen molar-refractivity contribution in [3.63, 3.8) is 0 Å². The van der Waals surface area contributed by atoms with E-state index >= 15 is 0 Å². The minimum Gasteiger partial charge on any atom is -0.302 e. The highest BCUT2D eigenvalue weighted by atomic mass is 16.1. The van der Waals surface area contributed by atoms with Crippen molar-refractivity contribution in [1.29, 1.82) is 0 Å². The maximum atomic E-state index is 10.2. The third-order valence-electron chi connectivity index (χ3n) is 2.51. The molecule has 0 N–H and O–H groups in total. The summed E-state index contributed by atoms with van der Waals surface area (Å²) in [5, 5.41) is 4.32. The molecule has 1 aromatic heterocycles. The molecule has 2 rings (SSSR count). The van der Waals surface area contributed by atoms with Crippen LogP contribution in [-0.4, -0.2) is 34.4 Å². The molecule has 0 unspecified atom stereocenters. The van der Waals surface area contributed by atoms with Crippen molar-refractivity contribution in [3.8, 4) is 0 Å². The van der Waals surface area contributed by atoms with Gasteiger partial charge in [-0.15, -0.1) is 4.99 Å². The van der Waals surface area contributed by atoms with Crippen LogP contribution in [-0.2, 0) is 24.8 Å². The van der Waals surface area contributed by atoms with Crippen LogP contribution in [0.5, 0.6) is 0 Å². The van der Waals surface area contributed by atoms with Gasteiger partial charge in [0, 0.05) is 32.1 Å². The number of aromatic nitrogens is 2. The first-order valence-corrected chi connectivity index (χ1v) is 4.53. The highest BCUT2D eigenvalue weighted by Crippen LogP contribution is 2.26. The average Bonchev–Trinajstić information content (AvgIpc) is 2.45. The van der Waals surface area contributed by atoms with Gasteiger partial charge in [0.2, 0.25) is 6.08 Å². The molecule has 1 aliphatic heterocycles. The summed E-state index contributed by atoms with van der Waals surface area (Å²) in [6.07, 6.45) is 2.50. The monoisotopic (exact) mass is 192 g/mol. The van der Waals surface area contributed by atoms with Gasteiger partial charge in [-0.25, -0.2) is 9.48 Å². The third kappa shape index (κ3) is 1.36. The van der Waals surface area contributed by atoms with Crippen LogP contribution < -0.4 is 0 Å². The largest absolute Gasteiger partial charge is 0.302 e. The van der Waals surface area contributed by atoms with Crippen LogP contribution in [0.2, 0.25) is 0 Å². The third-order valence-corrected chi connectivity index (χ3v) is 2.51. The van der Waals surface area contributed by atoms with Gasteiger partial charge in [0.05, 0.1) is 5.69 Å². The number of carbonyl (C=O) groups excluding carboxylic acids is 1. The molecule has 14 heavy (non-hydrogen) atoms. The number of likely N-dealkylation sites (N-methyl/N-ethyl adjacent to an activating group) is 1. The summed E-state index contributed by atoms with van der Waals surface area (Å²) in [6.45, 7) is 1.82. The molecular formula is C9H12N4O. The molecule has 0 amide bonds. The standard InChI is InChI=1S/C9H12N4O/c1-12-4-3-8-7(5-12)9(10-6-14)13(2)11-8/h3-5H2,1-2H3. The Kier molecular flexibility index (Phi) is 2.19. The van der Waals surface area contributed by atoms with Gasteiger partial charge < -0.3 is 4.90 Å². The van der Waals surface area contributed by atoms with Crippen molar-refractivity contribution in [2.75, 3.05) is 13.6 Å². The number of rotatable bonds is 1. The summed E-state index contributed by atoms with van der Waals surface area (Å²) in [5.41, 5.74) is 2.12. The van der Waals surface area contributed by atoms with Gasteiger partial charge in [0.15, 0.2) is 5.82 Å². The Morgan fingerprint density at radius 1 is 1.50 bits per heavy atom. The molecule has 0 bridgehead atoms. The van der Waals surface area contributed by atoms with Crippen LogP contribution in [0.15, 0.2) is 4.99 Å². The average molecular weight is 192 g/mol. The van der Waals surface area contributed by atoms with Gasteiger partial charge in [-0.05, 0) is 7.05 Å². The number of fused-ring (bicyclic) bond motifs is 1. The summed E-state index contributed by atoms with van der Waals surface area (Å²) < 4.78 is 1.65. The highest BCUT2D eigenvalue weighted by molar-refractivity contribution is 5.51. The molecule has 0 saturated carbocycles. The van der Waals surface area contributed by atoms with Crippen LogP contribution in [0.4, 0.5) is 5.82 Å². The Morgan fingerprint density at radius 2 is 2.29 bits per heavy atom. The second-order valence-corrected chi connectivity index (χ2v) is 3.56. The van der Waals surface area contributed by atoms with Crippen LogP contribution in [0, 0.1) is 0 Å². The molecule has 0 atom stereocenters. The topological polar surface area (TPSA) is 50.5 Å². The van der Waals surface area contributed by atoms with E-state index in [0.29, 0.717) is 5.82 Å². The lowest BCUT2D eigenvalue weighted by Crippen LogP contribution is -2.25. The van der Waals surface area contributed by atoms with E-state index in [1.165, 1.54) is 0 Å². The first-order valence-electron chi connectivity index (χ1n) is 4.53. The highest BCUT2D eigenvalue weighted by Gasteiger charge is 2.21. The Balaban J connectivity index is 2.50. The molecule has 0 spiro atoms. The maximum Gasteiger partial charge on any atom is 0.242 e. The molecule has 0 fully saturated rings. The molecule has 0 saturated heterocycles. The molecule has 0 radical (unpaired) electrons. The van der Waals surface area contributed by atoms with E-state index in [1.54, 1.807) is 17.8 Å². The molecule has 0 aromatic carbocycles. The van der Waals surface area contributed by atoms with Gasteiger partial charge in [-0.2, -0.15) is 5.10 Å². The zero-order chi connectivity index (χ0) is 10.1. The number of isocyanates is 1. The zero-order valence-electron chi connectivity index (χ0n) is 8.32. The van der Waals surface area contributed by atoms with E-state index in [1.807, 2.05) is 7.05 Å². The zero-order valence-corrected chi connectivity index (χ0v) is 8.32. The summed E-state index contributed by atoms with van der Waals surface area (Å²) >= 11 is 0. The summed E-state index contributed by atoms with van der Waals surface area (Å²) in [7, 11) is 3.85. The summed E-state index contributed by atoms with van der Waals surface area (Å²) in [5.74, 6) is 0.640. The predicted molar refractivity (Wildman–Crippen MR) is 51.0 cm³/mol. The first-order chi connectivity index (χ1) is 6.72. The van der Waals surface area contributed by atoms with Crippen LogP contribution in [0.3, 0.4) is 0 Å². The maximum absolute atomic E-state index is 10.2. The first kappa shape index (κ1) is 9.12. The summed E-state index contributed by atoms with van der Waals surface area (Å²) in [4.78, 5) is 16.1. The number of hydrogen-bond acceptors (Lipinski definition) is 4. The quantitative estimate of drug-likeness (QED) is 0.477. The van der Waals surface area contributed by atoms with E-state index < -0.39 is 0 Å². The van der Waals surface area contributed by atoms with Gasteiger partial charge in [-0.3, -0.25) is 0 Å². The number of aliphatic imine (C=N–C) groups is 1. The lowest BCUT2D eigenvalue weighted by Gasteiger charge is -2.20. The molecule has 74 valence electrons. The van der Waals surface area contributed by atoms with Crippen molar-refractivity contribution in [1.82, 2.24) is 14.7 Å². The Morgan fingerprint density at radius 3 is 3.00 bits per heavy atom. The van der Waals surface area contributed by atoms with Crippen molar-refractivity contribution in [2.24, 2.45) is 12.0 Å². The number of hydrogen-bond donors (Lipinski definition) is 0. The lowest BCUT2D eigenvalue weighted by molar-refractivity contribution is 0.312. The van der Waals surface area contributed by atoms with Gasteiger partial charge in [-0.1, -0.05) is 0 Å². The van der Waals surface area contributed by atoms with Crippen molar-refractivity contribution in [3.05, 3.63) is 11.3 Å². The normalized spacial score (nSPS) is 16.1. The van der Waals surface area contributed by atoms with Crippen molar-refractivity contribution >= 4 is 11.9 Å². The van der Waals surface area contributed by atoms with Crippen molar-refractivity contribution in [2.45, 2.75) is 13.0 Å². The van der Waals surface area contributed by atoms with Crippen molar-refractivity contribution < 1.29 is 4.79 Å². The fourth-order valence-electron chi connectivity index (χ4n) is 1.80. The second kappa shape index (κ2) is 3.36. The molecule has 5 heteroatoms. The van der Waals surface area contributed by atoms with Gasteiger partial charge in [0.25, 0.3) is 0 Å². The van der Waals surface area contributed by atoms with Crippen LogP contribution >= 0.6 is 0 Å². The smallest absolute Gasteiger partial charge is 0.242 e. The minimum atomic E-state index is 0.640. The lowest BCUT2D eigenvalue weighted by atomic mass is 10.1. The molecule has 1 aliphatic rings. The molecule has 1 aromatic rings. The van der Waals surface area contributed by atoms with E-state index in [-0.39, 0.29) is 0 Å². The predicted octanol–water partition coefficient (Wildman–Crippen LogP) is 0.375. The molecular weight excluding hydrogens is 180 g/mol. The Hall–Kier alpha value is -1.45. The number of aryl methyl sites for hydroxylation is 1. The Bertz CT molecular complexity index is 403. The van der Waals surface area contributed by atoms with Crippen LogP contribution in [0.25, 0.3) is 0 Å². The SMILES string of the molecule is CN1CCc2nn(C)c(N=C=O)c2C1. The molecule has 2 heterocycles. The molecule has 0 aliphatic carbocycles.